The van der Waals surface area contributed by atoms with Crippen LogP contribution in [0.4, 0.5) is 5.69 Å². The predicted molar refractivity (Wildman–Crippen MR) is 63.4 cm³/mol. The number of methoxy groups -OCH3 is 1. The number of aliphatic hydroxyl groups is 1. The van der Waals surface area contributed by atoms with Crippen molar-refractivity contribution in [2.75, 3.05) is 19.4 Å². The standard InChI is InChI=1S/C11H15N3O4/c1-18-11(17)9(15)6-14-10(16)4-8-3-2-7(12)5-13-8/h2-3,5,9,15H,4,6,12H2,1H3,(H,14,16). The number of nitrogens with one attached hydrogen (secondary N) is 1. The van der Waals surface area contributed by atoms with Gasteiger partial charge in [0.05, 0.1) is 32.0 Å². The molecule has 1 atom stereocenters. The van der Waals surface area contributed by atoms with Crippen molar-refractivity contribution in [2.45, 2.75) is 12.5 Å². The first kappa shape index (κ1) is 13.9. The second-order valence-corrected chi connectivity index (χ2v) is 3.60. The van der Waals surface area contributed by atoms with Gasteiger partial charge >= 0.3 is 5.97 Å². The Labute approximate surface area is 104 Å². The van der Waals surface area contributed by atoms with Crippen LogP contribution in [-0.4, -0.2) is 41.7 Å². The minimum atomic E-state index is -1.36. The molecule has 0 radical (unpaired) electrons. The van der Waals surface area contributed by atoms with E-state index in [0.717, 1.165) is 7.11 Å². The highest BCUT2D eigenvalue weighted by Gasteiger charge is 2.16. The van der Waals surface area contributed by atoms with Gasteiger partial charge in [0.2, 0.25) is 5.91 Å². The van der Waals surface area contributed by atoms with E-state index in [2.05, 4.69) is 15.0 Å². The van der Waals surface area contributed by atoms with Crippen LogP contribution >= 0.6 is 0 Å². The lowest BCUT2D eigenvalue weighted by Crippen LogP contribution is -2.37. The number of nitrogens with two attached hydrogens (primary N) is 1. The lowest BCUT2D eigenvalue weighted by Gasteiger charge is -2.09. The quantitative estimate of drug-likeness (QED) is 0.571. The van der Waals surface area contributed by atoms with Crippen LogP contribution in [0, 0.1) is 0 Å². The van der Waals surface area contributed by atoms with Gasteiger partial charge in [0.1, 0.15) is 0 Å². The largest absolute Gasteiger partial charge is 0.467 e. The van der Waals surface area contributed by atoms with Crippen molar-refractivity contribution >= 4 is 17.6 Å². The molecule has 0 aromatic carbocycles. The zero-order valence-corrected chi connectivity index (χ0v) is 9.92. The van der Waals surface area contributed by atoms with Crippen LogP contribution < -0.4 is 11.1 Å². The van der Waals surface area contributed by atoms with E-state index in [9.17, 15) is 14.7 Å². The number of nitrogen functional groups attached to an aromatic ring is 1. The van der Waals surface area contributed by atoms with Crippen molar-refractivity contribution < 1.29 is 19.4 Å². The number of carbonyl (C=O) groups is 2. The van der Waals surface area contributed by atoms with Gasteiger partial charge in [-0.3, -0.25) is 9.78 Å². The second-order valence-electron chi connectivity index (χ2n) is 3.60. The van der Waals surface area contributed by atoms with E-state index in [1.54, 1.807) is 12.1 Å². The van der Waals surface area contributed by atoms with E-state index in [4.69, 9.17) is 5.73 Å². The Morgan fingerprint density at radius 1 is 1.56 bits per heavy atom. The van der Waals surface area contributed by atoms with Crippen LogP contribution in [-0.2, 0) is 20.7 Å². The Morgan fingerprint density at radius 2 is 2.28 bits per heavy atom. The molecule has 0 aliphatic carbocycles. The van der Waals surface area contributed by atoms with Crippen LogP contribution in [0.5, 0.6) is 0 Å². The Morgan fingerprint density at radius 3 is 2.83 bits per heavy atom. The number of carbonyl (C=O) groups excluding carboxylic acids is 2. The summed E-state index contributed by atoms with van der Waals surface area (Å²) in [5, 5.41) is 11.6. The van der Waals surface area contributed by atoms with E-state index in [-0.39, 0.29) is 18.9 Å². The summed E-state index contributed by atoms with van der Waals surface area (Å²) >= 11 is 0. The van der Waals surface area contributed by atoms with Crippen molar-refractivity contribution in [1.82, 2.24) is 10.3 Å². The SMILES string of the molecule is COC(=O)C(O)CNC(=O)Cc1ccc(N)cn1. The zero-order valence-electron chi connectivity index (χ0n) is 9.92. The molecule has 1 amide bonds. The monoisotopic (exact) mass is 253 g/mol. The number of rotatable bonds is 5. The molecule has 0 spiro atoms. The van der Waals surface area contributed by atoms with Crippen molar-refractivity contribution in [3.05, 3.63) is 24.0 Å². The molecule has 18 heavy (non-hydrogen) atoms. The zero-order chi connectivity index (χ0) is 13.5. The molecule has 0 aliphatic rings. The van der Waals surface area contributed by atoms with E-state index < -0.39 is 12.1 Å². The van der Waals surface area contributed by atoms with Gasteiger partial charge in [0.15, 0.2) is 6.10 Å². The summed E-state index contributed by atoms with van der Waals surface area (Å²) in [7, 11) is 1.16. The molecule has 0 fully saturated rings. The third-order valence-electron chi connectivity index (χ3n) is 2.16. The number of aromatic nitrogens is 1. The molecule has 1 rings (SSSR count). The topological polar surface area (TPSA) is 115 Å². The molecule has 7 nitrogen and oxygen atoms in total. The van der Waals surface area contributed by atoms with Gasteiger partial charge in [-0.15, -0.1) is 0 Å². The summed E-state index contributed by atoms with van der Waals surface area (Å²) in [6.07, 6.45) is 0.137. The number of anilines is 1. The molecule has 1 heterocycles. The molecule has 1 aromatic rings. The fourth-order valence-corrected chi connectivity index (χ4v) is 1.20. The summed E-state index contributed by atoms with van der Waals surface area (Å²) in [5.74, 6) is -1.14. The first-order valence-electron chi connectivity index (χ1n) is 5.26. The van der Waals surface area contributed by atoms with Gasteiger partial charge < -0.3 is 20.9 Å². The van der Waals surface area contributed by atoms with E-state index in [1.807, 2.05) is 0 Å². The first-order valence-corrected chi connectivity index (χ1v) is 5.26. The van der Waals surface area contributed by atoms with Gasteiger partial charge in [0.25, 0.3) is 0 Å². The Balaban J connectivity index is 2.38. The molecule has 1 unspecified atom stereocenters. The normalized spacial score (nSPS) is 11.7. The van der Waals surface area contributed by atoms with E-state index >= 15 is 0 Å². The van der Waals surface area contributed by atoms with Crippen molar-refractivity contribution in [3.63, 3.8) is 0 Å². The molecule has 0 saturated heterocycles. The summed E-state index contributed by atoms with van der Waals surface area (Å²) < 4.78 is 4.31. The van der Waals surface area contributed by atoms with Gasteiger partial charge in [-0.1, -0.05) is 0 Å². The molecule has 0 aliphatic heterocycles. The first-order chi connectivity index (χ1) is 8.52. The minimum Gasteiger partial charge on any atom is -0.467 e. The van der Waals surface area contributed by atoms with Gasteiger partial charge in [0, 0.05) is 5.69 Å². The highest BCUT2D eigenvalue weighted by molar-refractivity contribution is 5.80. The van der Waals surface area contributed by atoms with Crippen molar-refractivity contribution in [2.24, 2.45) is 0 Å². The van der Waals surface area contributed by atoms with Crippen LogP contribution in [0.15, 0.2) is 18.3 Å². The lowest BCUT2D eigenvalue weighted by molar-refractivity contribution is -0.150. The van der Waals surface area contributed by atoms with E-state index in [0.29, 0.717) is 11.4 Å². The molecule has 0 saturated carbocycles. The maximum Gasteiger partial charge on any atom is 0.336 e. The van der Waals surface area contributed by atoms with Gasteiger partial charge in [-0.25, -0.2) is 4.79 Å². The number of amides is 1. The number of pyridine rings is 1. The van der Waals surface area contributed by atoms with Crippen LogP contribution in [0.1, 0.15) is 5.69 Å². The van der Waals surface area contributed by atoms with Crippen molar-refractivity contribution in [3.8, 4) is 0 Å². The van der Waals surface area contributed by atoms with E-state index in [1.165, 1.54) is 6.20 Å². The van der Waals surface area contributed by atoms with Crippen molar-refractivity contribution in [1.29, 1.82) is 0 Å². The number of esters is 1. The molecule has 4 N–H and O–H groups in total. The fourth-order valence-electron chi connectivity index (χ4n) is 1.20. The molecule has 7 heteroatoms. The molecular formula is C11H15N3O4. The maximum absolute atomic E-state index is 11.5. The van der Waals surface area contributed by atoms with Crippen LogP contribution in [0.3, 0.4) is 0 Å². The van der Waals surface area contributed by atoms with Gasteiger partial charge in [-0.2, -0.15) is 0 Å². The average Bonchev–Trinajstić information content (AvgIpc) is 2.37. The predicted octanol–water partition coefficient (Wildman–Crippen LogP) is -1.14. The molecule has 98 valence electrons. The van der Waals surface area contributed by atoms with Gasteiger partial charge in [-0.05, 0) is 12.1 Å². The highest BCUT2D eigenvalue weighted by atomic mass is 16.5. The number of aliphatic hydroxyl groups excluding tert-OH is 1. The number of hydrogen-bond acceptors (Lipinski definition) is 6. The lowest BCUT2D eigenvalue weighted by atomic mass is 10.2. The highest BCUT2D eigenvalue weighted by Crippen LogP contribution is 2.01. The maximum atomic E-state index is 11.5. The molecular weight excluding hydrogens is 238 g/mol. The minimum absolute atomic E-state index is 0.0498. The summed E-state index contributed by atoms with van der Waals surface area (Å²) in [5.41, 5.74) is 6.52. The molecule has 0 bridgehead atoms. The Bertz CT molecular complexity index is 419. The number of nitrogens with zero attached hydrogens (tertiary/aromatic N) is 1. The second kappa shape index (κ2) is 6.55. The Kier molecular flexibility index (Phi) is 5.06. The number of ether oxygens (including phenoxy) is 1. The third-order valence-corrected chi connectivity index (χ3v) is 2.16. The average molecular weight is 253 g/mol. The summed E-state index contributed by atoms with van der Waals surface area (Å²) in [4.78, 5) is 26.3. The summed E-state index contributed by atoms with van der Waals surface area (Å²) in [6, 6.07) is 3.27. The van der Waals surface area contributed by atoms with Crippen LogP contribution in [0.25, 0.3) is 0 Å². The molecule has 1 aromatic heterocycles. The summed E-state index contributed by atoms with van der Waals surface area (Å²) in [6.45, 7) is -0.194. The third kappa shape index (κ3) is 4.38. The number of hydrogen-bond donors (Lipinski definition) is 3. The van der Waals surface area contributed by atoms with Crippen LogP contribution in [0.2, 0.25) is 0 Å². The smallest absolute Gasteiger partial charge is 0.336 e. The fraction of sp³-hybridized carbons (Fsp3) is 0.364. The Hall–Kier alpha value is -2.15.